The third-order valence-electron chi connectivity index (χ3n) is 5.80. The molecule has 1 amide bonds. The van der Waals surface area contributed by atoms with Gasteiger partial charge in [0.2, 0.25) is 0 Å². The number of nitrogens with zero attached hydrogens (tertiary/aromatic N) is 1. The molecule has 22 heavy (non-hydrogen) atoms. The van der Waals surface area contributed by atoms with E-state index in [1.807, 2.05) is 25.7 Å². The molecule has 4 heteroatoms. The Morgan fingerprint density at radius 3 is 2.55 bits per heavy atom. The molecule has 1 saturated heterocycles. The van der Waals surface area contributed by atoms with Gasteiger partial charge in [-0.25, -0.2) is 4.79 Å². The highest BCUT2D eigenvalue weighted by molar-refractivity contribution is 5.86. The maximum absolute atomic E-state index is 12.4. The second-order valence-corrected chi connectivity index (χ2v) is 8.59. The molecule has 2 fully saturated rings. The molecule has 126 valence electrons. The first-order chi connectivity index (χ1) is 10.0. The Labute approximate surface area is 134 Å². The van der Waals surface area contributed by atoms with E-state index in [2.05, 4.69) is 20.8 Å². The summed E-state index contributed by atoms with van der Waals surface area (Å²) in [6.07, 6.45) is 3.08. The van der Waals surface area contributed by atoms with E-state index >= 15 is 0 Å². The van der Waals surface area contributed by atoms with Crippen LogP contribution in [0.3, 0.4) is 0 Å². The van der Waals surface area contributed by atoms with Crippen molar-refractivity contribution in [1.29, 1.82) is 0 Å². The summed E-state index contributed by atoms with van der Waals surface area (Å²) >= 11 is 0. The lowest BCUT2D eigenvalue weighted by molar-refractivity contribution is -0.147. The summed E-state index contributed by atoms with van der Waals surface area (Å²) in [4.78, 5) is 26.6. The maximum Gasteiger partial charge on any atom is 0.410 e. The van der Waals surface area contributed by atoms with Crippen LogP contribution in [-0.2, 0) is 9.53 Å². The number of rotatable bonds is 1. The molecule has 0 aromatic heterocycles. The lowest BCUT2D eigenvalue weighted by atomic mass is 9.52. The number of Topliss-reactive ketones (excluding diaryl/α,β-unsaturated/α-hetero) is 1. The SMILES string of the molecule is CC[C@]1(C)C(=O)CC[C@@]2(C)CN(C(=O)OC(C)(C)C)CC[C@@H]21. The molecule has 1 aliphatic carbocycles. The summed E-state index contributed by atoms with van der Waals surface area (Å²) in [5.41, 5.74) is -0.670. The van der Waals surface area contributed by atoms with Crippen LogP contribution in [-0.4, -0.2) is 35.5 Å². The van der Waals surface area contributed by atoms with Gasteiger partial charge in [-0.05, 0) is 51.4 Å². The van der Waals surface area contributed by atoms with Crippen molar-refractivity contribution < 1.29 is 14.3 Å². The molecule has 0 aromatic rings. The minimum Gasteiger partial charge on any atom is -0.444 e. The van der Waals surface area contributed by atoms with E-state index in [1.54, 1.807) is 0 Å². The predicted octanol–water partition coefficient (Wildman–Crippen LogP) is 4.03. The van der Waals surface area contributed by atoms with E-state index < -0.39 is 5.60 Å². The molecule has 0 bridgehead atoms. The van der Waals surface area contributed by atoms with Crippen molar-refractivity contribution >= 4 is 11.9 Å². The predicted molar refractivity (Wildman–Crippen MR) is 86.7 cm³/mol. The van der Waals surface area contributed by atoms with Crippen molar-refractivity contribution in [3.05, 3.63) is 0 Å². The highest BCUT2D eigenvalue weighted by atomic mass is 16.6. The van der Waals surface area contributed by atoms with E-state index in [4.69, 9.17) is 4.74 Å². The smallest absolute Gasteiger partial charge is 0.410 e. The molecular formula is C18H31NO3. The van der Waals surface area contributed by atoms with E-state index in [1.165, 1.54) is 0 Å². The third kappa shape index (κ3) is 3.02. The number of likely N-dealkylation sites (tertiary alicyclic amines) is 1. The van der Waals surface area contributed by atoms with Gasteiger partial charge in [0.15, 0.2) is 0 Å². The zero-order chi connectivity index (χ0) is 16.8. The standard InChI is InChI=1S/C18H31NO3/c1-7-18(6)13-9-11-19(15(21)22-16(2,3)4)12-17(13,5)10-8-14(18)20/h13H,7-12H2,1-6H3/t13-,17-,18-/m0/s1. The Hall–Kier alpha value is -1.06. The molecule has 4 nitrogen and oxygen atoms in total. The van der Waals surface area contributed by atoms with Crippen LogP contribution in [0.5, 0.6) is 0 Å². The number of ether oxygens (including phenoxy) is 1. The minimum absolute atomic E-state index is 0.0217. The molecule has 2 rings (SSSR count). The van der Waals surface area contributed by atoms with E-state index in [-0.39, 0.29) is 16.9 Å². The van der Waals surface area contributed by atoms with Gasteiger partial charge in [-0.3, -0.25) is 4.79 Å². The second-order valence-electron chi connectivity index (χ2n) is 8.59. The van der Waals surface area contributed by atoms with Crippen molar-refractivity contribution in [2.24, 2.45) is 16.7 Å². The Kier molecular flexibility index (Phi) is 4.35. The lowest BCUT2D eigenvalue weighted by Crippen LogP contribution is -2.58. The number of carbonyl (C=O) groups excluding carboxylic acids is 2. The van der Waals surface area contributed by atoms with Crippen molar-refractivity contribution in [2.45, 2.75) is 72.8 Å². The van der Waals surface area contributed by atoms with Gasteiger partial charge in [0, 0.05) is 24.9 Å². The average molecular weight is 309 g/mol. The van der Waals surface area contributed by atoms with Crippen LogP contribution in [0.1, 0.15) is 67.2 Å². The first kappa shape index (κ1) is 17.3. The number of piperidine rings is 1. The van der Waals surface area contributed by atoms with Gasteiger partial charge in [0.25, 0.3) is 0 Å². The zero-order valence-corrected chi connectivity index (χ0v) is 15.0. The zero-order valence-electron chi connectivity index (χ0n) is 15.0. The number of hydrogen-bond donors (Lipinski definition) is 0. The van der Waals surface area contributed by atoms with Crippen molar-refractivity contribution in [3.8, 4) is 0 Å². The van der Waals surface area contributed by atoms with Gasteiger partial charge in [0.05, 0.1) is 0 Å². The maximum atomic E-state index is 12.4. The Balaban J connectivity index is 2.16. The number of amides is 1. The molecule has 1 saturated carbocycles. The van der Waals surface area contributed by atoms with Gasteiger partial charge < -0.3 is 9.64 Å². The molecule has 2 aliphatic rings. The average Bonchev–Trinajstić information content (AvgIpc) is 2.41. The van der Waals surface area contributed by atoms with Crippen molar-refractivity contribution in [3.63, 3.8) is 0 Å². The number of fused-ring (bicyclic) bond motifs is 1. The molecule has 1 heterocycles. The summed E-state index contributed by atoms with van der Waals surface area (Å²) in [5, 5.41) is 0. The quantitative estimate of drug-likeness (QED) is 0.734. The van der Waals surface area contributed by atoms with Crippen LogP contribution >= 0.6 is 0 Å². The first-order valence-corrected chi connectivity index (χ1v) is 8.53. The Morgan fingerprint density at radius 2 is 2.00 bits per heavy atom. The topological polar surface area (TPSA) is 46.6 Å². The first-order valence-electron chi connectivity index (χ1n) is 8.53. The summed E-state index contributed by atoms with van der Waals surface area (Å²) in [7, 11) is 0. The van der Waals surface area contributed by atoms with Crippen LogP contribution in [0, 0.1) is 16.7 Å². The van der Waals surface area contributed by atoms with Gasteiger partial charge in [0.1, 0.15) is 11.4 Å². The largest absolute Gasteiger partial charge is 0.444 e. The fourth-order valence-corrected chi connectivity index (χ4v) is 4.40. The molecule has 0 unspecified atom stereocenters. The number of ketones is 1. The summed E-state index contributed by atoms with van der Waals surface area (Å²) in [6, 6.07) is 0. The van der Waals surface area contributed by atoms with Gasteiger partial charge in [-0.2, -0.15) is 0 Å². The van der Waals surface area contributed by atoms with Crippen molar-refractivity contribution in [2.75, 3.05) is 13.1 Å². The summed E-state index contributed by atoms with van der Waals surface area (Å²) in [6.45, 7) is 13.6. The third-order valence-corrected chi connectivity index (χ3v) is 5.80. The number of hydrogen-bond acceptors (Lipinski definition) is 3. The summed E-state index contributed by atoms with van der Waals surface area (Å²) < 4.78 is 5.52. The molecule has 0 radical (unpaired) electrons. The number of carbonyl (C=O) groups is 2. The molecule has 1 aliphatic heterocycles. The highest BCUT2D eigenvalue weighted by Crippen LogP contribution is 2.54. The van der Waals surface area contributed by atoms with Gasteiger partial charge in [-0.15, -0.1) is 0 Å². The van der Waals surface area contributed by atoms with Crippen LogP contribution in [0.25, 0.3) is 0 Å². The fraction of sp³-hybridized carbons (Fsp3) is 0.889. The van der Waals surface area contributed by atoms with Crippen LogP contribution in [0.2, 0.25) is 0 Å². The minimum atomic E-state index is -0.463. The Bertz CT molecular complexity index is 467. The fourth-order valence-electron chi connectivity index (χ4n) is 4.40. The molecule has 0 N–H and O–H groups in total. The molecule has 0 aromatic carbocycles. The highest BCUT2D eigenvalue weighted by Gasteiger charge is 2.55. The molecular weight excluding hydrogens is 278 g/mol. The van der Waals surface area contributed by atoms with Crippen LogP contribution in [0.4, 0.5) is 4.79 Å². The lowest BCUT2D eigenvalue weighted by Gasteiger charge is -2.55. The van der Waals surface area contributed by atoms with Crippen LogP contribution < -0.4 is 0 Å². The summed E-state index contributed by atoms with van der Waals surface area (Å²) in [5.74, 6) is 0.771. The normalized spacial score (nSPS) is 36.0. The van der Waals surface area contributed by atoms with E-state index in [0.717, 1.165) is 19.3 Å². The second kappa shape index (κ2) is 5.54. The molecule has 3 atom stereocenters. The van der Waals surface area contributed by atoms with E-state index in [0.29, 0.717) is 31.2 Å². The van der Waals surface area contributed by atoms with E-state index in [9.17, 15) is 9.59 Å². The van der Waals surface area contributed by atoms with Gasteiger partial charge >= 0.3 is 6.09 Å². The molecule has 0 spiro atoms. The monoisotopic (exact) mass is 309 g/mol. The van der Waals surface area contributed by atoms with Crippen molar-refractivity contribution in [1.82, 2.24) is 4.90 Å². The van der Waals surface area contributed by atoms with Crippen LogP contribution in [0.15, 0.2) is 0 Å². The van der Waals surface area contributed by atoms with Gasteiger partial charge in [-0.1, -0.05) is 20.8 Å². The Morgan fingerprint density at radius 1 is 1.36 bits per heavy atom.